The number of ether oxygens (including phenoxy) is 1. The van der Waals surface area contributed by atoms with E-state index >= 15 is 0 Å². The Morgan fingerprint density at radius 2 is 1.88 bits per heavy atom. The SMILES string of the molecule is CC1(C)CC(CN)(NCC(F)F)C(C)(C)O1. The highest BCUT2D eigenvalue weighted by atomic mass is 19.3. The van der Waals surface area contributed by atoms with E-state index < -0.39 is 17.6 Å². The third-order valence-electron chi connectivity index (χ3n) is 3.35. The van der Waals surface area contributed by atoms with Crippen molar-refractivity contribution in [1.29, 1.82) is 0 Å². The van der Waals surface area contributed by atoms with Crippen LogP contribution >= 0.6 is 0 Å². The fourth-order valence-electron chi connectivity index (χ4n) is 2.70. The van der Waals surface area contributed by atoms with Crippen LogP contribution in [0.2, 0.25) is 0 Å². The quantitative estimate of drug-likeness (QED) is 0.778. The van der Waals surface area contributed by atoms with Crippen LogP contribution in [-0.2, 0) is 4.74 Å². The second kappa shape index (κ2) is 4.20. The minimum absolute atomic E-state index is 0.288. The minimum Gasteiger partial charge on any atom is -0.368 e. The van der Waals surface area contributed by atoms with Crippen molar-refractivity contribution in [3.05, 3.63) is 0 Å². The van der Waals surface area contributed by atoms with Crippen LogP contribution < -0.4 is 11.1 Å². The predicted molar refractivity (Wildman–Crippen MR) is 59.7 cm³/mol. The van der Waals surface area contributed by atoms with Crippen molar-refractivity contribution in [1.82, 2.24) is 5.32 Å². The number of hydrogen-bond acceptors (Lipinski definition) is 3. The molecule has 0 amide bonds. The summed E-state index contributed by atoms with van der Waals surface area (Å²) in [6, 6.07) is 0. The molecule has 1 saturated heterocycles. The Labute approximate surface area is 95.7 Å². The topological polar surface area (TPSA) is 47.3 Å². The molecule has 1 rings (SSSR count). The molecule has 96 valence electrons. The molecule has 1 aliphatic heterocycles. The number of rotatable bonds is 4. The lowest BCUT2D eigenvalue weighted by Gasteiger charge is -2.39. The highest BCUT2D eigenvalue weighted by Crippen LogP contribution is 2.44. The fourth-order valence-corrected chi connectivity index (χ4v) is 2.70. The fraction of sp³-hybridized carbons (Fsp3) is 1.00. The van der Waals surface area contributed by atoms with Crippen molar-refractivity contribution in [3.63, 3.8) is 0 Å². The summed E-state index contributed by atoms with van der Waals surface area (Å²) in [7, 11) is 0. The molecule has 0 aromatic heterocycles. The first-order valence-corrected chi connectivity index (χ1v) is 5.58. The molecule has 0 spiro atoms. The lowest BCUT2D eigenvalue weighted by Crippen LogP contribution is -2.62. The first kappa shape index (κ1) is 13.8. The van der Waals surface area contributed by atoms with E-state index in [1.54, 1.807) is 0 Å². The van der Waals surface area contributed by atoms with E-state index in [-0.39, 0.29) is 18.7 Å². The molecule has 1 heterocycles. The summed E-state index contributed by atoms with van der Waals surface area (Å²) in [6.07, 6.45) is -1.74. The third-order valence-corrected chi connectivity index (χ3v) is 3.35. The maximum Gasteiger partial charge on any atom is 0.250 e. The van der Waals surface area contributed by atoms with Gasteiger partial charge < -0.3 is 15.8 Å². The summed E-state index contributed by atoms with van der Waals surface area (Å²) < 4.78 is 30.5. The van der Waals surface area contributed by atoms with E-state index in [0.717, 1.165) is 0 Å². The molecule has 5 heteroatoms. The second-order valence-corrected chi connectivity index (χ2v) is 5.61. The van der Waals surface area contributed by atoms with Crippen molar-refractivity contribution in [3.8, 4) is 0 Å². The molecule has 0 saturated carbocycles. The Morgan fingerprint density at radius 1 is 1.31 bits per heavy atom. The van der Waals surface area contributed by atoms with Crippen LogP contribution in [0.1, 0.15) is 34.1 Å². The zero-order valence-corrected chi connectivity index (χ0v) is 10.4. The van der Waals surface area contributed by atoms with Gasteiger partial charge in [-0.05, 0) is 34.1 Å². The highest BCUT2D eigenvalue weighted by Gasteiger charge is 2.56. The highest BCUT2D eigenvalue weighted by molar-refractivity contribution is 5.12. The van der Waals surface area contributed by atoms with Crippen LogP contribution in [0.3, 0.4) is 0 Å². The maximum absolute atomic E-state index is 12.3. The molecule has 1 fully saturated rings. The standard InChI is InChI=1S/C11H22F2N2O/c1-9(2)6-11(7-14,10(3,4)16-9)15-5-8(12)13/h8,15H,5-7,14H2,1-4H3. The summed E-state index contributed by atoms with van der Waals surface area (Å²) >= 11 is 0. The Morgan fingerprint density at radius 3 is 2.19 bits per heavy atom. The van der Waals surface area contributed by atoms with E-state index in [1.807, 2.05) is 27.7 Å². The van der Waals surface area contributed by atoms with Gasteiger partial charge in [-0.1, -0.05) is 0 Å². The van der Waals surface area contributed by atoms with Gasteiger partial charge >= 0.3 is 0 Å². The zero-order valence-electron chi connectivity index (χ0n) is 10.4. The molecule has 3 N–H and O–H groups in total. The predicted octanol–water partition coefficient (Wildman–Crippen LogP) is 1.52. The minimum atomic E-state index is -2.37. The lowest BCUT2D eigenvalue weighted by molar-refractivity contribution is -0.0830. The van der Waals surface area contributed by atoms with Crippen LogP contribution in [0.25, 0.3) is 0 Å². The Hall–Kier alpha value is -0.260. The van der Waals surface area contributed by atoms with Gasteiger partial charge in [0, 0.05) is 6.54 Å². The normalized spacial score (nSPS) is 32.2. The molecule has 0 aromatic rings. The Kier molecular flexibility index (Phi) is 3.62. The van der Waals surface area contributed by atoms with Crippen molar-refractivity contribution >= 4 is 0 Å². The second-order valence-electron chi connectivity index (χ2n) is 5.61. The molecule has 0 aromatic carbocycles. The van der Waals surface area contributed by atoms with Crippen LogP contribution in [0, 0.1) is 0 Å². The van der Waals surface area contributed by atoms with Crippen LogP contribution in [-0.4, -0.2) is 36.3 Å². The first-order chi connectivity index (χ1) is 7.14. The summed E-state index contributed by atoms with van der Waals surface area (Å²) in [5.74, 6) is 0. The first-order valence-electron chi connectivity index (χ1n) is 5.58. The van der Waals surface area contributed by atoms with Crippen LogP contribution in [0.5, 0.6) is 0 Å². The number of halogens is 2. The summed E-state index contributed by atoms with van der Waals surface area (Å²) in [4.78, 5) is 0. The van der Waals surface area contributed by atoms with Gasteiger partial charge in [0.15, 0.2) is 0 Å². The molecular formula is C11H22F2N2O. The van der Waals surface area contributed by atoms with E-state index in [2.05, 4.69) is 5.32 Å². The van der Waals surface area contributed by atoms with Gasteiger partial charge in [0.2, 0.25) is 0 Å². The molecule has 3 nitrogen and oxygen atoms in total. The van der Waals surface area contributed by atoms with Gasteiger partial charge in [-0.15, -0.1) is 0 Å². The van der Waals surface area contributed by atoms with Gasteiger partial charge in [-0.3, -0.25) is 0 Å². The summed E-state index contributed by atoms with van der Waals surface area (Å²) in [5.41, 5.74) is 4.31. The number of hydrogen-bond donors (Lipinski definition) is 2. The van der Waals surface area contributed by atoms with Gasteiger partial charge in [0.25, 0.3) is 6.43 Å². The van der Waals surface area contributed by atoms with Crippen molar-refractivity contribution in [2.24, 2.45) is 5.73 Å². The van der Waals surface area contributed by atoms with Crippen LogP contribution in [0.15, 0.2) is 0 Å². The molecule has 1 unspecified atom stereocenters. The maximum atomic E-state index is 12.3. The molecule has 16 heavy (non-hydrogen) atoms. The summed E-state index contributed by atoms with van der Waals surface area (Å²) in [6.45, 7) is 7.64. The molecular weight excluding hydrogens is 214 g/mol. The van der Waals surface area contributed by atoms with E-state index in [1.165, 1.54) is 0 Å². The third kappa shape index (κ3) is 2.52. The van der Waals surface area contributed by atoms with Crippen molar-refractivity contribution in [2.45, 2.75) is 57.3 Å². The Balaban J connectivity index is 2.86. The molecule has 1 aliphatic rings. The average molecular weight is 236 g/mol. The van der Waals surface area contributed by atoms with Crippen LogP contribution in [0.4, 0.5) is 8.78 Å². The van der Waals surface area contributed by atoms with Gasteiger partial charge in [0.05, 0.1) is 23.3 Å². The average Bonchev–Trinajstić information content (AvgIpc) is 2.27. The molecule has 0 radical (unpaired) electrons. The van der Waals surface area contributed by atoms with Crippen molar-refractivity contribution in [2.75, 3.05) is 13.1 Å². The lowest BCUT2D eigenvalue weighted by atomic mass is 9.79. The Bertz CT molecular complexity index is 256. The number of alkyl halides is 2. The monoisotopic (exact) mass is 236 g/mol. The van der Waals surface area contributed by atoms with E-state index in [0.29, 0.717) is 6.42 Å². The van der Waals surface area contributed by atoms with Gasteiger partial charge in [0.1, 0.15) is 0 Å². The molecule has 0 bridgehead atoms. The molecule has 0 aliphatic carbocycles. The van der Waals surface area contributed by atoms with Gasteiger partial charge in [-0.25, -0.2) is 8.78 Å². The number of nitrogens with one attached hydrogen (secondary N) is 1. The largest absolute Gasteiger partial charge is 0.368 e. The molecule has 1 atom stereocenters. The van der Waals surface area contributed by atoms with Gasteiger partial charge in [-0.2, -0.15) is 0 Å². The van der Waals surface area contributed by atoms with Crippen molar-refractivity contribution < 1.29 is 13.5 Å². The van der Waals surface area contributed by atoms with E-state index in [4.69, 9.17) is 10.5 Å². The number of nitrogens with two attached hydrogens (primary N) is 1. The smallest absolute Gasteiger partial charge is 0.250 e. The van der Waals surface area contributed by atoms with E-state index in [9.17, 15) is 8.78 Å². The summed E-state index contributed by atoms with van der Waals surface area (Å²) in [5, 5.41) is 2.89. The zero-order chi connectivity index (χ0) is 12.6.